The smallest absolute Gasteiger partial charge is 0.312 e. The van der Waals surface area contributed by atoms with Gasteiger partial charge >= 0.3 is 6.03 Å². The highest BCUT2D eigenvalue weighted by Crippen LogP contribution is 2.08. The molecule has 1 fully saturated rings. The number of rotatable bonds is 4. The largest absolute Gasteiger partial charge is 0.324 e. The molecule has 0 saturated carbocycles. The zero-order valence-electron chi connectivity index (χ0n) is 8.28. The van der Waals surface area contributed by atoms with Gasteiger partial charge in [-0.05, 0) is 13.3 Å². The Balaban J connectivity index is 2.44. The maximum absolute atomic E-state index is 11.2. The van der Waals surface area contributed by atoms with Gasteiger partial charge < -0.3 is 4.90 Å². The second-order valence-electron chi connectivity index (χ2n) is 3.40. The highest BCUT2D eigenvalue weighted by Gasteiger charge is 2.30. The maximum Gasteiger partial charge on any atom is 0.324 e. The summed E-state index contributed by atoms with van der Waals surface area (Å²) in [6.45, 7) is 1.97. The van der Waals surface area contributed by atoms with Crippen molar-refractivity contribution >= 4 is 22.7 Å². The molecule has 0 spiro atoms. The van der Waals surface area contributed by atoms with Gasteiger partial charge in [-0.3, -0.25) is 14.3 Å². The molecule has 6 heteroatoms. The van der Waals surface area contributed by atoms with Crippen LogP contribution in [0.25, 0.3) is 0 Å². The van der Waals surface area contributed by atoms with Crippen molar-refractivity contribution < 1.29 is 13.8 Å². The molecule has 2 atom stereocenters. The van der Waals surface area contributed by atoms with E-state index >= 15 is 0 Å². The van der Waals surface area contributed by atoms with Crippen molar-refractivity contribution in [3.63, 3.8) is 0 Å². The molecule has 1 saturated heterocycles. The Kier molecular flexibility index (Phi) is 3.62. The van der Waals surface area contributed by atoms with Gasteiger partial charge in [0.2, 0.25) is 5.91 Å². The van der Waals surface area contributed by atoms with Gasteiger partial charge in [0.05, 0.1) is 0 Å². The van der Waals surface area contributed by atoms with Gasteiger partial charge in [-0.1, -0.05) is 0 Å². The second-order valence-corrected chi connectivity index (χ2v) is 4.95. The highest BCUT2D eigenvalue weighted by atomic mass is 32.2. The van der Waals surface area contributed by atoms with Crippen molar-refractivity contribution in [2.75, 3.05) is 18.6 Å². The van der Waals surface area contributed by atoms with Crippen molar-refractivity contribution in [3.05, 3.63) is 0 Å². The molecule has 1 rings (SSSR count). The molecule has 0 aromatic rings. The van der Waals surface area contributed by atoms with Crippen LogP contribution in [0.4, 0.5) is 4.79 Å². The summed E-state index contributed by atoms with van der Waals surface area (Å²) in [5.41, 5.74) is 0. The Hall–Kier alpha value is -0.910. The molecule has 0 aromatic heterocycles. The van der Waals surface area contributed by atoms with Gasteiger partial charge in [0.25, 0.3) is 0 Å². The molecule has 5 nitrogen and oxygen atoms in total. The first kappa shape index (κ1) is 11.2. The van der Waals surface area contributed by atoms with Crippen LogP contribution in [0.2, 0.25) is 0 Å². The Morgan fingerprint density at radius 2 is 2.21 bits per heavy atom. The van der Waals surface area contributed by atoms with Gasteiger partial charge in [-0.15, -0.1) is 0 Å². The van der Waals surface area contributed by atoms with E-state index in [1.807, 2.05) is 6.92 Å². The van der Waals surface area contributed by atoms with Crippen molar-refractivity contribution in [2.45, 2.75) is 19.4 Å². The van der Waals surface area contributed by atoms with Crippen molar-refractivity contribution in [2.24, 2.45) is 0 Å². The summed E-state index contributed by atoms with van der Waals surface area (Å²) in [5, 5.41) is 2.21. The molecule has 1 heterocycles. The summed E-state index contributed by atoms with van der Waals surface area (Å²) in [5.74, 6) is 0.290. The topological polar surface area (TPSA) is 66.5 Å². The van der Waals surface area contributed by atoms with Crippen molar-refractivity contribution in [1.82, 2.24) is 10.2 Å². The second kappa shape index (κ2) is 4.54. The number of hydrogen-bond acceptors (Lipinski definition) is 3. The molecule has 0 bridgehead atoms. The van der Waals surface area contributed by atoms with E-state index in [4.69, 9.17) is 0 Å². The predicted molar refractivity (Wildman–Crippen MR) is 53.3 cm³/mol. The van der Waals surface area contributed by atoms with Crippen LogP contribution in [-0.4, -0.2) is 45.6 Å². The van der Waals surface area contributed by atoms with Crippen LogP contribution in [0.3, 0.4) is 0 Å². The van der Waals surface area contributed by atoms with Gasteiger partial charge in [-0.25, -0.2) is 4.79 Å². The van der Waals surface area contributed by atoms with Crippen LogP contribution in [0, 0.1) is 0 Å². The SMILES string of the molecule is CC(CCS(C)=O)N1CC(=O)NC1=O. The summed E-state index contributed by atoms with van der Waals surface area (Å²) < 4.78 is 10.8. The van der Waals surface area contributed by atoms with E-state index in [0.717, 1.165) is 0 Å². The number of carbonyl (C=O) groups excluding carboxylic acids is 2. The molecule has 1 N–H and O–H groups in total. The Labute approximate surface area is 85.3 Å². The third-order valence-electron chi connectivity index (χ3n) is 2.18. The fraction of sp³-hybridized carbons (Fsp3) is 0.750. The lowest BCUT2D eigenvalue weighted by atomic mass is 10.2. The molecular formula is C8H14N2O3S. The first-order valence-corrected chi connectivity index (χ1v) is 6.14. The number of hydrogen-bond donors (Lipinski definition) is 1. The average Bonchev–Trinajstić information content (AvgIpc) is 2.41. The van der Waals surface area contributed by atoms with Gasteiger partial charge in [0.1, 0.15) is 6.54 Å². The van der Waals surface area contributed by atoms with Crippen molar-refractivity contribution in [3.8, 4) is 0 Å². The van der Waals surface area contributed by atoms with Crippen LogP contribution in [0.15, 0.2) is 0 Å². The minimum atomic E-state index is -0.850. The first-order valence-electron chi connectivity index (χ1n) is 4.41. The normalized spacial score (nSPS) is 20.9. The van der Waals surface area contributed by atoms with Crippen LogP contribution in [-0.2, 0) is 15.6 Å². The number of nitrogens with one attached hydrogen (secondary N) is 1. The Bertz CT molecular complexity index is 280. The predicted octanol–water partition coefficient (Wildman–Crippen LogP) is -0.305. The quantitative estimate of drug-likeness (QED) is 0.658. The van der Waals surface area contributed by atoms with E-state index in [1.165, 1.54) is 4.90 Å². The lowest BCUT2D eigenvalue weighted by Gasteiger charge is -2.21. The number of carbonyl (C=O) groups is 2. The summed E-state index contributed by atoms with van der Waals surface area (Å²) in [7, 11) is -0.850. The molecule has 0 aliphatic carbocycles. The van der Waals surface area contributed by atoms with Gasteiger partial charge in [-0.2, -0.15) is 0 Å². The molecule has 0 radical (unpaired) electrons. The molecule has 2 unspecified atom stereocenters. The van der Waals surface area contributed by atoms with Crippen LogP contribution < -0.4 is 5.32 Å². The van der Waals surface area contributed by atoms with E-state index in [2.05, 4.69) is 5.32 Å². The van der Waals surface area contributed by atoms with E-state index in [0.29, 0.717) is 12.2 Å². The minimum Gasteiger partial charge on any atom is -0.312 e. The molecule has 0 aromatic carbocycles. The summed E-state index contributed by atoms with van der Waals surface area (Å²) >= 11 is 0. The molecule has 1 aliphatic rings. The maximum atomic E-state index is 11.2. The molecule has 1 aliphatic heterocycles. The minimum absolute atomic E-state index is 0.0367. The number of amides is 3. The zero-order valence-corrected chi connectivity index (χ0v) is 9.10. The van der Waals surface area contributed by atoms with Gasteiger partial charge in [0.15, 0.2) is 0 Å². The van der Waals surface area contributed by atoms with Crippen LogP contribution >= 0.6 is 0 Å². The molecule has 3 amide bonds. The van der Waals surface area contributed by atoms with Crippen LogP contribution in [0.5, 0.6) is 0 Å². The molecule has 14 heavy (non-hydrogen) atoms. The van der Waals surface area contributed by atoms with E-state index in [9.17, 15) is 13.8 Å². The van der Waals surface area contributed by atoms with Gasteiger partial charge in [0, 0.05) is 28.9 Å². The monoisotopic (exact) mass is 218 g/mol. The fourth-order valence-electron chi connectivity index (χ4n) is 1.31. The van der Waals surface area contributed by atoms with Crippen LogP contribution in [0.1, 0.15) is 13.3 Å². The zero-order chi connectivity index (χ0) is 10.7. The Morgan fingerprint density at radius 1 is 1.57 bits per heavy atom. The lowest BCUT2D eigenvalue weighted by Crippen LogP contribution is -2.36. The summed E-state index contributed by atoms with van der Waals surface area (Å²) in [6.07, 6.45) is 2.28. The number of imide groups is 1. The third kappa shape index (κ3) is 2.80. The van der Waals surface area contributed by atoms with E-state index in [-0.39, 0.29) is 24.5 Å². The number of urea groups is 1. The highest BCUT2D eigenvalue weighted by molar-refractivity contribution is 7.84. The third-order valence-corrected chi connectivity index (χ3v) is 2.99. The lowest BCUT2D eigenvalue weighted by molar-refractivity contribution is -0.118. The number of nitrogens with zero attached hydrogens (tertiary/aromatic N) is 1. The summed E-state index contributed by atoms with van der Waals surface area (Å²) in [6, 6.07) is -0.380. The summed E-state index contributed by atoms with van der Waals surface area (Å²) in [4.78, 5) is 23.5. The first-order chi connectivity index (χ1) is 6.50. The average molecular weight is 218 g/mol. The molecule has 80 valence electrons. The molecular weight excluding hydrogens is 204 g/mol. The Morgan fingerprint density at radius 3 is 2.64 bits per heavy atom. The standard InChI is InChI=1S/C8H14N2O3S/c1-6(3-4-14(2)13)10-5-7(11)9-8(10)12/h6H,3-5H2,1-2H3,(H,9,11,12). The van der Waals surface area contributed by atoms with E-state index in [1.54, 1.807) is 6.26 Å². The van der Waals surface area contributed by atoms with E-state index < -0.39 is 10.8 Å². The van der Waals surface area contributed by atoms with Crippen molar-refractivity contribution in [1.29, 1.82) is 0 Å². The fourth-order valence-corrected chi connectivity index (χ4v) is 1.98.